The molecule has 2 atom stereocenters. The first-order valence-electron chi connectivity index (χ1n) is 6.65. The van der Waals surface area contributed by atoms with E-state index in [1.54, 1.807) is 25.1 Å². The maximum absolute atomic E-state index is 12.3. The second kappa shape index (κ2) is 5.44. The van der Waals surface area contributed by atoms with E-state index in [2.05, 4.69) is 5.32 Å². The second-order valence-electron chi connectivity index (χ2n) is 5.60. The second-order valence-corrected chi connectivity index (χ2v) is 6.04. The van der Waals surface area contributed by atoms with Gasteiger partial charge in [-0.25, -0.2) is 0 Å². The van der Waals surface area contributed by atoms with Crippen molar-refractivity contribution in [3.8, 4) is 0 Å². The molecule has 1 saturated carbocycles. The van der Waals surface area contributed by atoms with E-state index in [0.29, 0.717) is 23.4 Å². The Bertz CT molecular complexity index is 558. The summed E-state index contributed by atoms with van der Waals surface area (Å²) in [6.45, 7) is 3.52. The number of benzene rings is 1. The average molecular weight is 296 g/mol. The molecule has 1 fully saturated rings. The zero-order chi connectivity index (χ0) is 14.9. The molecule has 0 aliphatic heterocycles. The Kier molecular flexibility index (Phi) is 4.04. The molecule has 108 valence electrons. The summed E-state index contributed by atoms with van der Waals surface area (Å²) in [5.74, 6) is -1.12. The third-order valence-electron chi connectivity index (χ3n) is 4.20. The Morgan fingerprint density at radius 1 is 1.45 bits per heavy atom. The van der Waals surface area contributed by atoms with E-state index in [4.69, 9.17) is 11.6 Å². The van der Waals surface area contributed by atoms with Gasteiger partial charge in [0.2, 0.25) is 0 Å². The first kappa shape index (κ1) is 14.9. The van der Waals surface area contributed by atoms with Gasteiger partial charge >= 0.3 is 5.97 Å². The molecular weight excluding hydrogens is 278 g/mol. The molecule has 4 nitrogen and oxygen atoms in total. The molecule has 0 aromatic heterocycles. The summed E-state index contributed by atoms with van der Waals surface area (Å²) < 4.78 is 0. The molecule has 1 aromatic carbocycles. The summed E-state index contributed by atoms with van der Waals surface area (Å²) in [5.41, 5.74) is 0.432. The quantitative estimate of drug-likeness (QED) is 0.901. The van der Waals surface area contributed by atoms with Crippen LogP contribution in [0.4, 0.5) is 0 Å². The van der Waals surface area contributed by atoms with Crippen LogP contribution in [0.2, 0.25) is 5.02 Å². The summed E-state index contributed by atoms with van der Waals surface area (Å²) in [4.78, 5) is 23.7. The summed E-state index contributed by atoms with van der Waals surface area (Å²) in [7, 11) is 0. The maximum Gasteiger partial charge on any atom is 0.311 e. The highest BCUT2D eigenvalue weighted by molar-refractivity contribution is 6.31. The van der Waals surface area contributed by atoms with Gasteiger partial charge in [0.05, 0.1) is 5.41 Å². The monoisotopic (exact) mass is 295 g/mol. The van der Waals surface area contributed by atoms with Crippen molar-refractivity contribution in [2.75, 3.05) is 0 Å². The fourth-order valence-electron chi connectivity index (χ4n) is 2.73. The van der Waals surface area contributed by atoms with Crippen molar-refractivity contribution >= 4 is 23.5 Å². The lowest BCUT2D eigenvalue weighted by atomic mass is 9.84. The molecule has 2 rings (SSSR count). The Morgan fingerprint density at radius 2 is 2.15 bits per heavy atom. The molecule has 1 aromatic rings. The van der Waals surface area contributed by atoms with Gasteiger partial charge in [-0.15, -0.1) is 0 Å². The van der Waals surface area contributed by atoms with Crippen LogP contribution >= 0.6 is 11.6 Å². The van der Waals surface area contributed by atoms with Crippen molar-refractivity contribution in [3.63, 3.8) is 0 Å². The Balaban J connectivity index is 2.19. The van der Waals surface area contributed by atoms with Crippen LogP contribution in [0.5, 0.6) is 0 Å². The Labute approximate surface area is 123 Å². The minimum atomic E-state index is -0.887. The number of carbonyl (C=O) groups is 2. The zero-order valence-corrected chi connectivity index (χ0v) is 12.3. The highest BCUT2D eigenvalue weighted by Crippen LogP contribution is 2.38. The van der Waals surface area contributed by atoms with Crippen molar-refractivity contribution in [3.05, 3.63) is 34.3 Å². The van der Waals surface area contributed by atoms with Crippen molar-refractivity contribution < 1.29 is 14.7 Å². The number of carboxylic acid groups (broad SMARTS) is 1. The maximum atomic E-state index is 12.3. The van der Waals surface area contributed by atoms with E-state index < -0.39 is 11.4 Å². The van der Waals surface area contributed by atoms with Gasteiger partial charge in [-0.3, -0.25) is 9.59 Å². The number of aryl methyl sites for hydroxylation is 1. The molecule has 0 heterocycles. The molecule has 1 aliphatic rings. The molecular formula is C15H18ClNO3. The van der Waals surface area contributed by atoms with Crippen LogP contribution in [0, 0.1) is 12.3 Å². The van der Waals surface area contributed by atoms with Gasteiger partial charge in [-0.05, 0) is 44.4 Å². The molecule has 0 spiro atoms. The average Bonchev–Trinajstić information content (AvgIpc) is 2.75. The normalized spacial score (nSPS) is 25.4. The number of nitrogens with one attached hydrogen (secondary N) is 1. The summed E-state index contributed by atoms with van der Waals surface area (Å²) in [6.07, 6.45) is 2.08. The number of rotatable bonds is 3. The topological polar surface area (TPSA) is 66.4 Å². The molecule has 1 amide bonds. The molecule has 1 aliphatic carbocycles. The van der Waals surface area contributed by atoms with Crippen LogP contribution in [0.25, 0.3) is 0 Å². The van der Waals surface area contributed by atoms with Crippen LogP contribution < -0.4 is 5.32 Å². The summed E-state index contributed by atoms with van der Waals surface area (Å²) >= 11 is 5.91. The summed E-state index contributed by atoms with van der Waals surface area (Å²) in [6, 6.07) is 4.78. The number of hydrogen-bond acceptors (Lipinski definition) is 2. The van der Waals surface area contributed by atoms with Crippen LogP contribution in [0.15, 0.2) is 18.2 Å². The number of carboxylic acids is 1. The van der Waals surface area contributed by atoms with Gasteiger partial charge in [-0.2, -0.15) is 0 Å². The van der Waals surface area contributed by atoms with Gasteiger partial charge in [0.25, 0.3) is 5.91 Å². The SMILES string of the molecule is Cc1ccc(Cl)cc1C(=O)NC1CCCC1(C)C(=O)O. The van der Waals surface area contributed by atoms with Crippen LogP contribution in [-0.4, -0.2) is 23.0 Å². The summed E-state index contributed by atoms with van der Waals surface area (Å²) in [5, 5.41) is 12.7. The minimum absolute atomic E-state index is 0.260. The van der Waals surface area contributed by atoms with Crippen LogP contribution in [0.1, 0.15) is 42.1 Å². The van der Waals surface area contributed by atoms with Gasteiger partial charge in [0, 0.05) is 16.6 Å². The Hall–Kier alpha value is -1.55. The highest BCUT2D eigenvalue weighted by atomic mass is 35.5. The van der Waals surface area contributed by atoms with E-state index in [0.717, 1.165) is 12.0 Å². The molecule has 20 heavy (non-hydrogen) atoms. The van der Waals surface area contributed by atoms with E-state index in [-0.39, 0.29) is 11.9 Å². The number of aliphatic carboxylic acids is 1. The predicted octanol–water partition coefficient (Wildman–Crippen LogP) is 3.02. The lowest BCUT2D eigenvalue weighted by molar-refractivity contribution is -0.148. The van der Waals surface area contributed by atoms with Crippen molar-refractivity contribution in [2.24, 2.45) is 5.41 Å². The fraction of sp³-hybridized carbons (Fsp3) is 0.467. The largest absolute Gasteiger partial charge is 0.481 e. The zero-order valence-electron chi connectivity index (χ0n) is 11.6. The van der Waals surface area contributed by atoms with E-state index in [1.165, 1.54) is 0 Å². The van der Waals surface area contributed by atoms with E-state index in [1.807, 2.05) is 6.92 Å². The highest BCUT2D eigenvalue weighted by Gasteiger charge is 2.46. The molecule has 2 N–H and O–H groups in total. The first-order valence-corrected chi connectivity index (χ1v) is 7.03. The third kappa shape index (κ3) is 2.66. The van der Waals surface area contributed by atoms with Gasteiger partial charge < -0.3 is 10.4 Å². The van der Waals surface area contributed by atoms with Crippen molar-refractivity contribution in [1.82, 2.24) is 5.32 Å². The number of hydrogen-bond donors (Lipinski definition) is 2. The van der Waals surface area contributed by atoms with Crippen LogP contribution in [0.3, 0.4) is 0 Å². The third-order valence-corrected chi connectivity index (χ3v) is 4.43. The first-order chi connectivity index (χ1) is 9.34. The smallest absolute Gasteiger partial charge is 0.311 e. The predicted molar refractivity (Wildman–Crippen MR) is 77.0 cm³/mol. The van der Waals surface area contributed by atoms with E-state index >= 15 is 0 Å². The number of carbonyl (C=O) groups excluding carboxylic acids is 1. The van der Waals surface area contributed by atoms with Gasteiger partial charge in [0.1, 0.15) is 0 Å². The number of amides is 1. The molecule has 0 bridgehead atoms. The molecule has 2 unspecified atom stereocenters. The molecule has 0 radical (unpaired) electrons. The van der Waals surface area contributed by atoms with Crippen LogP contribution in [-0.2, 0) is 4.79 Å². The molecule has 5 heteroatoms. The van der Waals surface area contributed by atoms with Gasteiger partial charge in [-0.1, -0.05) is 24.1 Å². The van der Waals surface area contributed by atoms with Crippen molar-refractivity contribution in [2.45, 2.75) is 39.2 Å². The van der Waals surface area contributed by atoms with E-state index in [9.17, 15) is 14.7 Å². The number of halogens is 1. The fourth-order valence-corrected chi connectivity index (χ4v) is 2.90. The Morgan fingerprint density at radius 3 is 2.80 bits per heavy atom. The molecule has 0 saturated heterocycles. The van der Waals surface area contributed by atoms with Crippen molar-refractivity contribution in [1.29, 1.82) is 0 Å². The standard InChI is InChI=1S/C15H18ClNO3/c1-9-5-6-10(16)8-11(9)13(18)17-12-4-3-7-15(12,2)14(19)20/h5-6,8,12H,3-4,7H2,1-2H3,(H,17,18)(H,19,20). The minimum Gasteiger partial charge on any atom is -0.481 e. The lowest BCUT2D eigenvalue weighted by Crippen LogP contribution is -2.47. The lowest BCUT2D eigenvalue weighted by Gasteiger charge is -2.27. The van der Waals surface area contributed by atoms with Gasteiger partial charge in [0.15, 0.2) is 0 Å².